The van der Waals surface area contributed by atoms with E-state index in [1.54, 1.807) is 31.8 Å². The molecule has 18 heavy (non-hydrogen) atoms. The topological polar surface area (TPSA) is 91.4 Å². The number of methoxy groups -OCH3 is 1. The lowest BCUT2D eigenvalue weighted by Gasteiger charge is -2.24. The fraction of sp³-hybridized carbons (Fsp3) is 0.636. The Balaban J connectivity index is 2.11. The molecule has 0 spiro atoms. The summed E-state index contributed by atoms with van der Waals surface area (Å²) < 4.78 is 11.9. The number of amides is 1. The van der Waals surface area contributed by atoms with Crippen LogP contribution in [0, 0.1) is 5.41 Å². The Morgan fingerprint density at radius 3 is 3.00 bits per heavy atom. The number of aryl methyl sites for hydroxylation is 1. The number of nitrogens with one attached hydrogen (secondary N) is 1. The Morgan fingerprint density at radius 2 is 2.50 bits per heavy atom. The van der Waals surface area contributed by atoms with Gasteiger partial charge in [0, 0.05) is 19.2 Å². The second kappa shape index (κ2) is 4.58. The highest BCUT2D eigenvalue weighted by atomic mass is 16.5. The van der Waals surface area contributed by atoms with Crippen molar-refractivity contribution in [2.45, 2.75) is 13.0 Å². The van der Waals surface area contributed by atoms with Crippen molar-refractivity contribution in [3.8, 4) is 5.88 Å². The van der Waals surface area contributed by atoms with Gasteiger partial charge in [-0.2, -0.15) is 5.10 Å². The summed E-state index contributed by atoms with van der Waals surface area (Å²) in [5.74, 6) is 0.829. The van der Waals surface area contributed by atoms with Gasteiger partial charge in [-0.3, -0.25) is 4.79 Å². The van der Waals surface area contributed by atoms with Crippen molar-refractivity contribution in [3.05, 3.63) is 6.07 Å². The molecule has 1 fully saturated rings. The van der Waals surface area contributed by atoms with Crippen LogP contribution in [-0.2, 0) is 16.6 Å². The highest BCUT2D eigenvalue weighted by Crippen LogP contribution is 2.29. The van der Waals surface area contributed by atoms with Gasteiger partial charge in [-0.05, 0) is 6.92 Å². The summed E-state index contributed by atoms with van der Waals surface area (Å²) in [7, 11) is 3.28. The van der Waals surface area contributed by atoms with Gasteiger partial charge in [0.15, 0.2) is 5.82 Å². The van der Waals surface area contributed by atoms with Crippen molar-refractivity contribution < 1.29 is 14.3 Å². The monoisotopic (exact) mass is 254 g/mol. The van der Waals surface area contributed by atoms with Crippen molar-refractivity contribution in [2.75, 3.05) is 25.6 Å². The van der Waals surface area contributed by atoms with Crippen LogP contribution >= 0.6 is 0 Å². The lowest BCUT2D eigenvalue weighted by Crippen LogP contribution is -2.47. The lowest BCUT2D eigenvalue weighted by molar-refractivity contribution is -0.125. The van der Waals surface area contributed by atoms with Gasteiger partial charge in [0.25, 0.3) is 0 Å². The average Bonchev–Trinajstić information content (AvgIpc) is 2.84. The van der Waals surface area contributed by atoms with E-state index in [1.807, 2.05) is 0 Å². The van der Waals surface area contributed by atoms with Crippen molar-refractivity contribution in [1.82, 2.24) is 9.78 Å². The SMILES string of the molecule is COc1cc(NC(=O)C2(C)COCC2N)nn1C. The van der Waals surface area contributed by atoms with Crippen molar-refractivity contribution in [2.24, 2.45) is 18.2 Å². The predicted octanol–water partition coefficient (Wildman–Crippen LogP) is -0.269. The molecule has 100 valence electrons. The Hall–Kier alpha value is -1.60. The molecule has 1 aliphatic heterocycles. The van der Waals surface area contributed by atoms with Crippen LogP contribution in [0.15, 0.2) is 6.07 Å². The largest absolute Gasteiger partial charge is 0.481 e. The first-order valence-electron chi connectivity index (χ1n) is 5.70. The van der Waals surface area contributed by atoms with Gasteiger partial charge < -0.3 is 20.5 Å². The highest BCUT2D eigenvalue weighted by molar-refractivity contribution is 5.95. The molecule has 0 radical (unpaired) electrons. The third kappa shape index (κ3) is 2.06. The summed E-state index contributed by atoms with van der Waals surface area (Å²) in [5, 5.41) is 6.87. The number of carbonyl (C=O) groups is 1. The van der Waals surface area contributed by atoms with Gasteiger partial charge in [-0.15, -0.1) is 0 Å². The normalized spacial score (nSPS) is 27.2. The van der Waals surface area contributed by atoms with E-state index in [9.17, 15) is 4.79 Å². The molecule has 1 aromatic heterocycles. The summed E-state index contributed by atoms with van der Waals surface area (Å²) in [5.41, 5.74) is 5.18. The van der Waals surface area contributed by atoms with Crippen molar-refractivity contribution >= 4 is 11.7 Å². The molecular formula is C11H18N4O3. The number of nitrogens with two attached hydrogens (primary N) is 1. The van der Waals surface area contributed by atoms with Gasteiger partial charge in [0.05, 0.1) is 25.7 Å². The molecule has 2 heterocycles. The summed E-state index contributed by atoms with van der Waals surface area (Å²) in [6.45, 7) is 2.51. The molecule has 0 aliphatic carbocycles. The summed E-state index contributed by atoms with van der Waals surface area (Å²) >= 11 is 0. The number of nitrogens with zero attached hydrogens (tertiary/aromatic N) is 2. The summed E-state index contributed by atoms with van der Waals surface area (Å²) in [6, 6.07) is 1.35. The molecule has 7 nitrogen and oxygen atoms in total. The third-order valence-corrected chi connectivity index (χ3v) is 3.32. The van der Waals surface area contributed by atoms with E-state index >= 15 is 0 Å². The Labute approximate surface area is 105 Å². The van der Waals surface area contributed by atoms with Crippen LogP contribution in [0.4, 0.5) is 5.82 Å². The van der Waals surface area contributed by atoms with Crippen LogP contribution in [0.2, 0.25) is 0 Å². The van der Waals surface area contributed by atoms with Crippen LogP contribution in [-0.4, -0.2) is 42.1 Å². The Bertz CT molecular complexity index is 459. The van der Waals surface area contributed by atoms with E-state index in [0.29, 0.717) is 24.9 Å². The zero-order chi connectivity index (χ0) is 13.3. The van der Waals surface area contributed by atoms with Gasteiger partial charge in [-0.1, -0.05) is 0 Å². The smallest absolute Gasteiger partial charge is 0.235 e. The fourth-order valence-corrected chi connectivity index (χ4v) is 1.88. The van der Waals surface area contributed by atoms with E-state index in [4.69, 9.17) is 15.2 Å². The Morgan fingerprint density at radius 1 is 1.78 bits per heavy atom. The molecule has 1 saturated heterocycles. The minimum atomic E-state index is -0.718. The lowest BCUT2D eigenvalue weighted by atomic mass is 9.85. The number of aromatic nitrogens is 2. The summed E-state index contributed by atoms with van der Waals surface area (Å²) in [4.78, 5) is 12.2. The molecule has 3 N–H and O–H groups in total. The Kier molecular flexibility index (Phi) is 3.27. The van der Waals surface area contributed by atoms with Crippen LogP contribution in [0.1, 0.15) is 6.92 Å². The van der Waals surface area contributed by atoms with Crippen LogP contribution in [0.3, 0.4) is 0 Å². The van der Waals surface area contributed by atoms with Crippen molar-refractivity contribution in [3.63, 3.8) is 0 Å². The fourth-order valence-electron chi connectivity index (χ4n) is 1.88. The van der Waals surface area contributed by atoms with Gasteiger partial charge in [-0.25, -0.2) is 4.68 Å². The number of hydrogen-bond acceptors (Lipinski definition) is 5. The average molecular weight is 254 g/mol. The number of carbonyl (C=O) groups excluding carboxylic acids is 1. The second-order valence-electron chi connectivity index (χ2n) is 4.69. The molecule has 1 amide bonds. The van der Waals surface area contributed by atoms with E-state index in [-0.39, 0.29) is 11.9 Å². The van der Waals surface area contributed by atoms with Crippen LogP contribution in [0.25, 0.3) is 0 Å². The molecule has 2 rings (SSSR count). The van der Waals surface area contributed by atoms with Crippen LogP contribution in [0.5, 0.6) is 5.88 Å². The number of rotatable bonds is 3. The molecule has 0 saturated carbocycles. The zero-order valence-corrected chi connectivity index (χ0v) is 10.8. The van der Waals surface area contributed by atoms with Gasteiger partial charge in [0.2, 0.25) is 11.8 Å². The van der Waals surface area contributed by atoms with E-state index in [2.05, 4.69) is 10.4 Å². The molecule has 0 bridgehead atoms. The summed E-state index contributed by atoms with van der Waals surface area (Å²) in [6.07, 6.45) is 0. The third-order valence-electron chi connectivity index (χ3n) is 3.32. The standard InChI is InChI=1S/C11H18N4O3/c1-11(6-18-5-7(11)12)10(16)13-8-4-9(17-3)15(2)14-8/h4,7H,5-6,12H2,1-3H3,(H,13,14,16). The quantitative estimate of drug-likeness (QED) is 0.775. The first-order valence-corrected chi connectivity index (χ1v) is 5.70. The predicted molar refractivity (Wildman–Crippen MR) is 65.3 cm³/mol. The maximum absolute atomic E-state index is 12.2. The van der Waals surface area contributed by atoms with Crippen LogP contribution < -0.4 is 15.8 Å². The molecular weight excluding hydrogens is 236 g/mol. The second-order valence-corrected chi connectivity index (χ2v) is 4.69. The minimum Gasteiger partial charge on any atom is -0.481 e. The maximum atomic E-state index is 12.2. The first-order chi connectivity index (χ1) is 8.47. The molecule has 2 atom stereocenters. The number of ether oxygens (including phenoxy) is 2. The number of anilines is 1. The molecule has 0 aromatic carbocycles. The molecule has 1 aliphatic rings. The van der Waals surface area contributed by atoms with Gasteiger partial charge in [0.1, 0.15) is 0 Å². The molecule has 7 heteroatoms. The van der Waals surface area contributed by atoms with E-state index < -0.39 is 5.41 Å². The van der Waals surface area contributed by atoms with Crippen molar-refractivity contribution in [1.29, 1.82) is 0 Å². The first kappa shape index (κ1) is 12.8. The minimum absolute atomic E-state index is 0.187. The number of hydrogen-bond donors (Lipinski definition) is 2. The highest BCUT2D eigenvalue weighted by Gasteiger charge is 2.44. The molecule has 1 aromatic rings. The van der Waals surface area contributed by atoms with Gasteiger partial charge >= 0.3 is 0 Å². The maximum Gasteiger partial charge on any atom is 0.235 e. The van der Waals surface area contributed by atoms with E-state index in [1.165, 1.54) is 0 Å². The molecule has 2 unspecified atom stereocenters. The zero-order valence-electron chi connectivity index (χ0n) is 10.8. The van der Waals surface area contributed by atoms with E-state index in [0.717, 1.165) is 0 Å².